The summed E-state index contributed by atoms with van der Waals surface area (Å²) < 4.78 is 4.41. The van der Waals surface area contributed by atoms with Crippen LogP contribution in [0.2, 0.25) is 0 Å². The van der Waals surface area contributed by atoms with E-state index in [1.54, 1.807) is 0 Å². The van der Waals surface area contributed by atoms with Gasteiger partial charge in [0.25, 0.3) is 0 Å². The number of hydrogen-bond acceptors (Lipinski definition) is 3. The largest absolute Gasteiger partial charge is 0.393 e. The van der Waals surface area contributed by atoms with Crippen molar-refractivity contribution in [3.05, 3.63) is 12.2 Å². The maximum Gasteiger partial charge on any atom is 0.314 e. The Bertz CT molecular complexity index is 214. The van der Waals surface area contributed by atoms with Crippen LogP contribution in [0.5, 0.6) is 0 Å². The van der Waals surface area contributed by atoms with Gasteiger partial charge in [-0.25, -0.2) is 0 Å². The maximum atomic E-state index is 10.8. The first-order valence-electron chi connectivity index (χ1n) is 4.62. The molecule has 0 aromatic heterocycles. The Hall–Kier alpha value is -1.12. The molecule has 13 heavy (non-hydrogen) atoms. The lowest BCUT2D eigenvalue weighted by Crippen LogP contribution is -2.24. The summed E-state index contributed by atoms with van der Waals surface area (Å²) in [7, 11) is 0. The molecule has 3 nitrogen and oxygen atoms in total. The Kier molecular flexibility index (Phi) is 3.68. The molecule has 0 N–H and O–H groups in total. The minimum absolute atomic E-state index is 0.0558. The van der Waals surface area contributed by atoms with Crippen molar-refractivity contribution in [1.82, 2.24) is 0 Å². The molecule has 0 atom stereocenters. The SMILES string of the molecule is CCC/C=C/C1CC(=O)OC(=O)C1. The number of esters is 2. The summed E-state index contributed by atoms with van der Waals surface area (Å²) in [6.45, 7) is 2.09. The zero-order valence-electron chi connectivity index (χ0n) is 7.79. The van der Waals surface area contributed by atoms with Crippen LogP contribution in [0.25, 0.3) is 0 Å². The van der Waals surface area contributed by atoms with Crippen molar-refractivity contribution in [2.24, 2.45) is 5.92 Å². The van der Waals surface area contributed by atoms with E-state index in [-0.39, 0.29) is 5.92 Å². The van der Waals surface area contributed by atoms with E-state index in [0.717, 1.165) is 12.8 Å². The van der Waals surface area contributed by atoms with Gasteiger partial charge in [-0.05, 0) is 12.3 Å². The monoisotopic (exact) mass is 182 g/mol. The van der Waals surface area contributed by atoms with Crippen molar-refractivity contribution < 1.29 is 14.3 Å². The van der Waals surface area contributed by atoms with Gasteiger partial charge in [0.2, 0.25) is 0 Å². The van der Waals surface area contributed by atoms with E-state index in [4.69, 9.17) is 0 Å². The minimum Gasteiger partial charge on any atom is -0.393 e. The Morgan fingerprint density at radius 3 is 2.54 bits per heavy atom. The lowest BCUT2D eigenvalue weighted by molar-refractivity contribution is -0.164. The van der Waals surface area contributed by atoms with E-state index in [1.165, 1.54) is 0 Å². The quantitative estimate of drug-likeness (QED) is 0.380. The van der Waals surface area contributed by atoms with Gasteiger partial charge in [0.15, 0.2) is 0 Å². The van der Waals surface area contributed by atoms with Gasteiger partial charge in [0, 0.05) is 0 Å². The van der Waals surface area contributed by atoms with Gasteiger partial charge in [-0.2, -0.15) is 0 Å². The number of rotatable bonds is 3. The van der Waals surface area contributed by atoms with Crippen molar-refractivity contribution in [2.45, 2.75) is 32.6 Å². The average molecular weight is 182 g/mol. The molecule has 72 valence electrons. The number of carbonyl (C=O) groups is 2. The van der Waals surface area contributed by atoms with E-state index in [9.17, 15) is 9.59 Å². The van der Waals surface area contributed by atoms with E-state index in [1.807, 2.05) is 12.2 Å². The van der Waals surface area contributed by atoms with Gasteiger partial charge in [0.05, 0.1) is 12.8 Å². The highest BCUT2D eigenvalue weighted by Gasteiger charge is 2.24. The number of ether oxygens (including phenoxy) is 1. The molecule has 0 aromatic rings. The molecule has 1 rings (SSSR count). The van der Waals surface area contributed by atoms with Crippen molar-refractivity contribution in [1.29, 1.82) is 0 Å². The standard InChI is InChI=1S/C10H14O3/c1-2-3-4-5-8-6-9(11)13-10(12)7-8/h4-5,8H,2-3,6-7H2,1H3/b5-4+. The molecule has 1 aliphatic rings. The number of carbonyl (C=O) groups excluding carboxylic acids is 2. The first-order valence-corrected chi connectivity index (χ1v) is 4.62. The lowest BCUT2D eigenvalue weighted by atomic mass is 9.98. The first-order chi connectivity index (χ1) is 6.22. The molecule has 0 saturated carbocycles. The van der Waals surface area contributed by atoms with E-state index >= 15 is 0 Å². The first kappa shape index (κ1) is 9.96. The molecule has 0 aliphatic carbocycles. The molecule has 1 aliphatic heterocycles. The molecule has 1 heterocycles. The Balaban J connectivity index is 2.41. The summed E-state index contributed by atoms with van der Waals surface area (Å²) >= 11 is 0. The van der Waals surface area contributed by atoms with Crippen LogP contribution in [-0.4, -0.2) is 11.9 Å². The molecule has 0 radical (unpaired) electrons. The molecule has 0 amide bonds. The van der Waals surface area contributed by atoms with Crippen LogP contribution in [0.3, 0.4) is 0 Å². The zero-order chi connectivity index (χ0) is 9.68. The molecule has 0 unspecified atom stereocenters. The predicted octanol–water partition coefficient (Wildman–Crippen LogP) is 1.82. The van der Waals surface area contributed by atoms with Gasteiger partial charge in [-0.3, -0.25) is 9.59 Å². The third-order valence-corrected chi connectivity index (χ3v) is 1.95. The van der Waals surface area contributed by atoms with Crippen LogP contribution in [0.15, 0.2) is 12.2 Å². The van der Waals surface area contributed by atoms with Gasteiger partial charge >= 0.3 is 11.9 Å². The van der Waals surface area contributed by atoms with Crippen molar-refractivity contribution >= 4 is 11.9 Å². The topological polar surface area (TPSA) is 43.4 Å². The summed E-state index contributed by atoms with van der Waals surface area (Å²) in [5.74, 6) is -0.745. The van der Waals surface area contributed by atoms with Crippen molar-refractivity contribution in [3.63, 3.8) is 0 Å². The predicted molar refractivity (Wildman–Crippen MR) is 47.9 cm³/mol. The van der Waals surface area contributed by atoms with Crippen molar-refractivity contribution in [3.8, 4) is 0 Å². The third-order valence-electron chi connectivity index (χ3n) is 1.95. The minimum atomic E-state index is -0.401. The van der Waals surface area contributed by atoms with E-state index in [2.05, 4.69) is 11.7 Å². The summed E-state index contributed by atoms with van der Waals surface area (Å²) in [5, 5.41) is 0. The van der Waals surface area contributed by atoms with Crippen LogP contribution in [0, 0.1) is 5.92 Å². The third kappa shape index (κ3) is 3.40. The molecule has 0 aromatic carbocycles. The van der Waals surface area contributed by atoms with Crippen molar-refractivity contribution in [2.75, 3.05) is 0 Å². The highest BCUT2D eigenvalue weighted by molar-refractivity contribution is 5.88. The second-order valence-electron chi connectivity index (χ2n) is 3.23. The molecular formula is C10H14O3. The zero-order valence-corrected chi connectivity index (χ0v) is 7.79. The number of cyclic esters (lactones) is 2. The number of unbranched alkanes of at least 4 members (excludes halogenated alkanes) is 1. The second kappa shape index (κ2) is 4.80. The highest BCUT2D eigenvalue weighted by Crippen LogP contribution is 2.18. The summed E-state index contributed by atoms with van der Waals surface area (Å²) in [5.41, 5.74) is 0. The summed E-state index contributed by atoms with van der Waals surface area (Å²) in [4.78, 5) is 21.7. The van der Waals surface area contributed by atoms with Crippen LogP contribution in [-0.2, 0) is 14.3 Å². The highest BCUT2D eigenvalue weighted by atomic mass is 16.6. The molecule has 0 bridgehead atoms. The molecule has 3 heteroatoms. The number of allylic oxidation sites excluding steroid dienone is 2. The smallest absolute Gasteiger partial charge is 0.314 e. The Morgan fingerprint density at radius 1 is 1.38 bits per heavy atom. The molecular weight excluding hydrogens is 168 g/mol. The molecule has 0 spiro atoms. The maximum absolute atomic E-state index is 10.8. The van der Waals surface area contributed by atoms with Gasteiger partial charge < -0.3 is 4.74 Å². The second-order valence-corrected chi connectivity index (χ2v) is 3.23. The van der Waals surface area contributed by atoms with Crippen LogP contribution in [0.1, 0.15) is 32.6 Å². The van der Waals surface area contributed by atoms with Crippen LogP contribution >= 0.6 is 0 Å². The Morgan fingerprint density at radius 2 is 2.00 bits per heavy atom. The summed E-state index contributed by atoms with van der Waals surface area (Å²) in [6, 6.07) is 0. The van der Waals surface area contributed by atoms with Crippen LogP contribution < -0.4 is 0 Å². The van der Waals surface area contributed by atoms with E-state index < -0.39 is 11.9 Å². The Labute approximate surface area is 77.8 Å². The fraction of sp³-hybridized carbons (Fsp3) is 0.600. The lowest BCUT2D eigenvalue weighted by Gasteiger charge is -2.15. The summed E-state index contributed by atoms with van der Waals surface area (Å²) in [6.07, 6.45) is 6.73. The van der Waals surface area contributed by atoms with E-state index in [0.29, 0.717) is 12.8 Å². The van der Waals surface area contributed by atoms with Gasteiger partial charge in [0.1, 0.15) is 0 Å². The fourth-order valence-corrected chi connectivity index (χ4v) is 1.30. The molecule has 1 fully saturated rings. The normalized spacial score (nSPS) is 19.5. The van der Waals surface area contributed by atoms with Gasteiger partial charge in [-0.15, -0.1) is 0 Å². The fourth-order valence-electron chi connectivity index (χ4n) is 1.30. The molecule has 1 saturated heterocycles. The van der Waals surface area contributed by atoms with Crippen LogP contribution in [0.4, 0.5) is 0 Å². The average Bonchev–Trinajstić information content (AvgIpc) is 2.03. The van der Waals surface area contributed by atoms with Gasteiger partial charge in [-0.1, -0.05) is 25.5 Å². The number of hydrogen-bond donors (Lipinski definition) is 0.